The van der Waals surface area contributed by atoms with Gasteiger partial charge in [0, 0.05) is 31.4 Å². The summed E-state index contributed by atoms with van der Waals surface area (Å²) in [6.45, 7) is 4.13. The molecule has 2 unspecified atom stereocenters. The lowest BCUT2D eigenvalue weighted by Crippen LogP contribution is -2.41. The van der Waals surface area contributed by atoms with Crippen molar-refractivity contribution >= 4 is 5.69 Å². The van der Waals surface area contributed by atoms with E-state index in [2.05, 4.69) is 41.5 Å². The van der Waals surface area contributed by atoms with Crippen LogP contribution in [0.5, 0.6) is 0 Å². The Morgan fingerprint density at radius 1 is 1.30 bits per heavy atom. The molecular formula is C17H26N2O. The van der Waals surface area contributed by atoms with Gasteiger partial charge in [-0.3, -0.25) is 0 Å². The molecule has 0 saturated carbocycles. The van der Waals surface area contributed by atoms with Gasteiger partial charge < -0.3 is 15.0 Å². The molecule has 3 nitrogen and oxygen atoms in total. The molecular weight excluding hydrogens is 248 g/mol. The smallest absolute Gasteiger partial charge is 0.0506 e. The number of aryl methyl sites for hydroxylation is 1. The van der Waals surface area contributed by atoms with Crippen molar-refractivity contribution in [1.82, 2.24) is 4.90 Å². The lowest BCUT2D eigenvalue weighted by atomic mass is 10.00. The van der Waals surface area contributed by atoms with Crippen LogP contribution in [-0.4, -0.2) is 44.3 Å². The molecule has 110 valence electrons. The van der Waals surface area contributed by atoms with Gasteiger partial charge in [0.05, 0.1) is 6.61 Å². The molecule has 20 heavy (non-hydrogen) atoms. The first kappa shape index (κ1) is 13.9. The molecule has 0 amide bonds. The highest BCUT2D eigenvalue weighted by Gasteiger charge is 2.22. The van der Waals surface area contributed by atoms with Gasteiger partial charge in [0.25, 0.3) is 0 Å². The third kappa shape index (κ3) is 3.33. The Morgan fingerprint density at radius 2 is 2.20 bits per heavy atom. The molecule has 1 saturated heterocycles. The zero-order valence-electron chi connectivity index (χ0n) is 12.5. The summed E-state index contributed by atoms with van der Waals surface area (Å²) in [6, 6.07) is 9.34. The van der Waals surface area contributed by atoms with Crippen LogP contribution >= 0.6 is 0 Å². The lowest BCUT2D eigenvalue weighted by molar-refractivity contribution is 0.0365. The van der Waals surface area contributed by atoms with Gasteiger partial charge in [-0.15, -0.1) is 0 Å². The zero-order valence-corrected chi connectivity index (χ0v) is 12.5. The Hall–Kier alpha value is -1.06. The van der Waals surface area contributed by atoms with E-state index in [1.54, 1.807) is 0 Å². The van der Waals surface area contributed by atoms with Crippen molar-refractivity contribution in [3.63, 3.8) is 0 Å². The lowest BCUT2D eigenvalue weighted by Gasteiger charge is -2.32. The number of likely N-dealkylation sites (N-methyl/N-ethyl adjacent to an activating group) is 1. The number of rotatable bonds is 3. The summed E-state index contributed by atoms with van der Waals surface area (Å²) in [7, 11) is 2.27. The topological polar surface area (TPSA) is 24.5 Å². The van der Waals surface area contributed by atoms with E-state index in [1.807, 2.05) is 0 Å². The highest BCUT2D eigenvalue weighted by atomic mass is 16.5. The number of hydrogen-bond donors (Lipinski definition) is 1. The first-order valence-corrected chi connectivity index (χ1v) is 7.92. The number of benzene rings is 1. The summed E-state index contributed by atoms with van der Waals surface area (Å²) in [5, 5.41) is 3.62. The molecule has 0 aromatic heterocycles. The predicted octanol–water partition coefficient (Wildman–Crippen LogP) is 2.77. The standard InChI is InChI=1S/C17H26N2O/c1-19(12-14-5-4-10-20-13-14)16-9-8-15-6-2-3-7-17(15)18-11-16/h2-3,6-7,14,16,18H,4-5,8-13H2,1H3. The molecule has 2 heterocycles. The maximum Gasteiger partial charge on any atom is 0.0506 e. The van der Waals surface area contributed by atoms with E-state index in [9.17, 15) is 0 Å². The van der Waals surface area contributed by atoms with Gasteiger partial charge in [-0.05, 0) is 50.3 Å². The molecule has 0 aliphatic carbocycles. The van der Waals surface area contributed by atoms with Crippen molar-refractivity contribution < 1.29 is 4.74 Å². The molecule has 0 bridgehead atoms. The summed E-state index contributed by atoms with van der Waals surface area (Å²) in [5.41, 5.74) is 2.79. The van der Waals surface area contributed by atoms with E-state index in [0.717, 1.165) is 25.7 Å². The van der Waals surface area contributed by atoms with Crippen LogP contribution in [-0.2, 0) is 11.2 Å². The molecule has 3 rings (SSSR count). The Labute approximate surface area is 122 Å². The molecule has 2 atom stereocenters. The van der Waals surface area contributed by atoms with Crippen LogP contribution < -0.4 is 5.32 Å². The highest BCUT2D eigenvalue weighted by molar-refractivity contribution is 5.52. The summed E-state index contributed by atoms with van der Waals surface area (Å²) < 4.78 is 5.60. The fraction of sp³-hybridized carbons (Fsp3) is 0.647. The van der Waals surface area contributed by atoms with Crippen molar-refractivity contribution in [1.29, 1.82) is 0 Å². The van der Waals surface area contributed by atoms with Crippen molar-refractivity contribution in [2.75, 3.05) is 38.7 Å². The van der Waals surface area contributed by atoms with Gasteiger partial charge in [-0.2, -0.15) is 0 Å². The third-order valence-corrected chi connectivity index (χ3v) is 4.72. The van der Waals surface area contributed by atoms with E-state index >= 15 is 0 Å². The summed E-state index contributed by atoms with van der Waals surface area (Å²) in [4.78, 5) is 2.54. The molecule has 1 N–H and O–H groups in total. The second-order valence-corrected chi connectivity index (χ2v) is 6.25. The van der Waals surface area contributed by atoms with E-state index in [0.29, 0.717) is 6.04 Å². The van der Waals surface area contributed by atoms with Crippen LogP contribution in [0, 0.1) is 5.92 Å². The normalized spacial score (nSPS) is 26.7. The van der Waals surface area contributed by atoms with Crippen LogP contribution in [0.4, 0.5) is 5.69 Å². The third-order valence-electron chi connectivity index (χ3n) is 4.72. The Kier molecular flexibility index (Phi) is 4.58. The van der Waals surface area contributed by atoms with Gasteiger partial charge in [-0.25, -0.2) is 0 Å². The number of ether oxygens (including phenoxy) is 1. The average molecular weight is 274 g/mol. The molecule has 3 heteroatoms. The number of hydrogen-bond acceptors (Lipinski definition) is 3. The SMILES string of the molecule is CN(CC1CCCOC1)C1CCc2ccccc2NC1. The number of nitrogens with zero attached hydrogens (tertiary/aromatic N) is 1. The van der Waals surface area contributed by atoms with Gasteiger partial charge in [0.15, 0.2) is 0 Å². The Bertz CT molecular complexity index is 402. The quantitative estimate of drug-likeness (QED) is 0.917. The zero-order chi connectivity index (χ0) is 13.8. The molecule has 2 aliphatic rings. The van der Waals surface area contributed by atoms with Crippen molar-refractivity contribution in [2.24, 2.45) is 5.92 Å². The minimum atomic E-state index is 0.629. The summed E-state index contributed by atoms with van der Waals surface area (Å²) in [5.74, 6) is 0.722. The maximum atomic E-state index is 5.60. The summed E-state index contributed by atoms with van der Waals surface area (Å²) >= 11 is 0. The van der Waals surface area contributed by atoms with E-state index in [1.165, 1.54) is 43.5 Å². The van der Waals surface area contributed by atoms with Crippen LogP contribution in [0.3, 0.4) is 0 Å². The molecule has 0 radical (unpaired) electrons. The van der Waals surface area contributed by atoms with Crippen LogP contribution in [0.25, 0.3) is 0 Å². The van der Waals surface area contributed by atoms with Crippen molar-refractivity contribution in [3.8, 4) is 0 Å². The molecule has 0 spiro atoms. The van der Waals surface area contributed by atoms with Gasteiger partial charge in [-0.1, -0.05) is 18.2 Å². The second-order valence-electron chi connectivity index (χ2n) is 6.25. The summed E-state index contributed by atoms with van der Waals surface area (Å²) in [6.07, 6.45) is 4.98. The second kappa shape index (κ2) is 6.59. The number of para-hydroxylation sites is 1. The monoisotopic (exact) mass is 274 g/mol. The molecule has 2 aliphatic heterocycles. The fourth-order valence-corrected chi connectivity index (χ4v) is 3.45. The average Bonchev–Trinajstić information content (AvgIpc) is 2.71. The Morgan fingerprint density at radius 3 is 3.05 bits per heavy atom. The van der Waals surface area contributed by atoms with Crippen molar-refractivity contribution in [3.05, 3.63) is 29.8 Å². The van der Waals surface area contributed by atoms with Crippen LogP contribution in [0.15, 0.2) is 24.3 Å². The van der Waals surface area contributed by atoms with Gasteiger partial charge >= 0.3 is 0 Å². The minimum absolute atomic E-state index is 0.629. The van der Waals surface area contributed by atoms with Gasteiger partial charge in [0.2, 0.25) is 0 Å². The van der Waals surface area contributed by atoms with E-state index in [-0.39, 0.29) is 0 Å². The van der Waals surface area contributed by atoms with Crippen LogP contribution in [0.2, 0.25) is 0 Å². The minimum Gasteiger partial charge on any atom is -0.383 e. The largest absolute Gasteiger partial charge is 0.383 e. The predicted molar refractivity (Wildman–Crippen MR) is 83.2 cm³/mol. The number of fused-ring (bicyclic) bond motifs is 1. The molecule has 1 fully saturated rings. The first-order valence-electron chi connectivity index (χ1n) is 7.92. The fourth-order valence-electron chi connectivity index (χ4n) is 3.45. The van der Waals surface area contributed by atoms with Crippen LogP contribution in [0.1, 0.15) is 24.8 Å². The Balaban J connectivity index is 1.55. The molecule has 1 aromatic carbocycles. The number of nitrogens with one attached hydrogen (secondary N) is 1. The maximum absolute atomic E-state index is 5.60. The van der Waals surface area contributed by atoms with Crippen molar-refractivity contribution in [2.45, 2.75) is 31.7 Å². The van der Waals surface area contributed by atoms with E-state index in [4.69, 9.17) is 4.74 Å². The number of anilines is 1. The van der Waals surface area contributed by atoms with Gasteiger partial charge in [0.1, 0.15) is 0 Å². The van der Waals surface area contributed by atoms with E-state index < -0.39 is 0 Å². The molecule has 1 aromatic rings. The first-order chi connectivity index (χ1) is 9.83. The highest BCUT2D eigenvalue weighted by Crippen LogP contribution is 2.23.